The van der Waals surface area contributed by atoms with Crippen molar-refractivity contribution in [2.45, 2.75) is 53.2 Å². The third kappa shape index (κ3) is 3.34. The maximum Gasteiger partial charge on any atom is 0.410 e. The molecule has 25 heavy (non-hydrogen) atoms. The van der Waals surface area contributed by atoms with E-state index in [0.29, 0.717) is 25.3 Å². The Kier molecular flexibility index (Phi) is 4.22. The number of hydrogen-bond donors (Lipinski definition) is 1. The first-order valence-corrected chi connectivity index (χ1v) is 8.58. The van der Waals surface area contributed by atoms with Crippen LogP contribution in [-0.4, -0.2) is 32.9 Å². The van der Waals surface area contributed by atoms with Crippen molar-refractivity contribution in [3.63, 3.8) is 0 Å². The van der Waals surface area contributed by atoms with Gasteiger partial charge in [0.05, 0.1) is 17.9 Å². The monoisotopic (exact) mass is 342 g/mol. The lowest BCUT2D eigenvalue weighted by atomic mass is 10.1. The van der Waals surface area contributed by atoms with Crippen molar-refractivity contribution in [1.82, 2.24) is 14.7 Å². The van der Waals surface area contributed by atoms with Crippen molar-refractivity contribution >= 4 is 11.9 Å². The fourth-order valence-electron chi connectivity index (χ4n) is 3.19. The molecule has 6 nitrogen and oxygen atoms in total. The predicted molar refractivity (Wildman–Crippen MR) is 97.8 cm³/mol. The first-order valence-electron chi connectivity index (χ1n) is 8.58. The lowest BCUT2D eigenvalue weighted by molar-refractivity contribution is 0.0224. The SMILES string of the molecule is Cc1cccc(C)c1-n1nc2c(c1N)CN(C(=O)OC(C)(C)C)CC2. The molecular weight excluding hydrogens is 316 g/mol. The molecule has 1 aromatic heterocycles. The van der Waals surface area contributed by atoms with E-state index in [2.05, 4.69) is 26.0 Å². The highest BCUT2D eigenvalue weighted by molar-refractivity contribution is 5.69. The van der Waals surface area contributed by atoms with E-state index in [1.54, 1.807) is 4.90 Å². The first-order chi connectivity index (χ1) is 11.7. The summed E-state index contributed by atoms with van der Waals surface area (Å²) in [5.74, 6) is 0.598. The van der Waals surface area contributed by atoms with Gasteiger partial charge >= 0.3 is 6.09 Å². The summed E-state index contributed by atoms with van der Waals surface area (Å²) in [6.07, 6.45) is 0.369. The molecule has 2 N–H and O–H groups in total. The van der Waals surface area contributed by atoms with Gasteiger partial charge in [0, 0.05) is 18.5 Å². The molecule has 0 bridgehead atoms. The van der Waals surface area contributed by atoms with E-state index in [9.17, 15) is 4.79 Å². The normalized spacial score (nSPS) is 14.4. The van der Waals surface area contributed by atoms with Crippen LogP contribution in [-0.2, 0) is 17.7 Å². The fraction of sp³-hybridized carbons (Fsp3) is 0.474. The average Bonchev–Trinajstić information content (AvgIpc) is 2.82. The van der Waals surface area contributed by atoms with Crippen LogP contribution in [0.1, 0.15) is 43.2 Å². The van der Waals surface area contributed by atoms with E-state index in [1.165, 1.54) is 0 Å². The number of nitrogens with two attached hydrogens (primary N) is 1. The van der Waals surface area contributed by atoms with Gasteiger partial charge in [-0.2, -0.15) is 5.10 Å². The van der Waals surface area contributed by atoms with Crippen molar-refractivity contribution < 1.29 is 9.53 Å². The molecule has 0 spiro atoms. The molecule has 0 atom stereocenters. The number of fused-ring (bicyclic) bond motifs is 1. The van der Waals surface area contributed by atoms with E-state index in [-0.39, 0.29) is 6.09 Å². The van der Waals surface area contributed by atoms with Gasteiger partial charge in [-0.3, -0.25) is 0 Å². The van der Waals surface area contributed by atoms with E-state index in [4.69, 9.17) is 15.6 Å². The van der Waals surface area contributed by atoms with Crippen molar-refractivity contribution in [1.29, 1.82) is 0 Å². The molecule has 6 heteroatoms. The summed E-state index contributed by atoms with van der Waals surface area (Å²) in [6.45, 7) is 10.7. The van der Waals surface area contributed by atoms with Gasteiger partial charge < -0.3 is 15.4 Å². The average molecular weight is 342 g/mol. The van der Waals surface area contributed by atoms with Crippen LogP contribution in [0.3, 0.4) is 0 Å². The summed E-state index contributed by atoms with van der Waals surface area (Å²) in [6, 6.07) is 6.13. The summed E-state index contributed by atoms with van der Waals surface area (Å²) >= 11 is 0. The zero-order valence-corrected chi connectivity index (χ0v) is 15.6. The van der Waals surface area contributed by atoms with Crippen LogP contribution in [0.2, 0.25) is 0 Å². The van der Waals surface area contributed by atoms with Crippen LogP contribution in [0.4, 0.5) is 10.6 Å². The second kappa shape index (κ2) is 6.10. The Bertz CT molecular complexity index is 797. The maximum absolute atomic E-state index is 12.4. The highest BCUT2D eigenvalue weighted by Crippen LogP contribution is 2.29. The van der Waals surface area contributed by atoms with Crippen LogP contribution < -0.4 is 5.73 Å². The number of hydrogen-bond acceptors (Lipinski definition) is 4. The Morgan fingerprint density at radius 3 is 2.48 bits per heavy atom. The van der Waals surface area contributed by atoms with Gasteiger partial charge in [-0.25, -0.2) is 9.48 Å². The van der Waals surface area contributed by atoms with Crippen molar-refractivity contribution in [3.05, 3.63) is 40.6 Å². The van der Waals surface area contributed by atoms with Crippen LogP contribution in [0, 0.1) is 13.8 Å². The number of aromatic nitrogens is 2. The van der Waals surface area contributed by atoms with Crippen molar-refractivity contribution in [2.75, 3.05) is 12.3 Å². The molecule has 1 aromatic carbocycles. The van der Waals surface area contributed by atoms with E-state index < -0.39 is 5.60 Å². The lowest BCUT2D eigenvalue weighted by Crippen LogP contribution is -2.39. The highest BCUT2D eigenvalue weighted by Gasteiger charge is 2.30. The number of carbonyl (C=O) groups excluding carboxylic acids is 1. The molecule has 3 rings (SSSR count). The second-order valence-electron chi connectivity index (χ2n) is 7.61. The number of nitrogens with zero attached hydrogens (tertiary/aromatic N) is 3. The highest BCUT2D eigenvalue weighted by atomic mass is 16.6. The minimum atomic E-state index is -0.509. The molecule has 134 valence electrons. The van der Waals surface area contributed by atoms with E-state index in [0.717, 1.165) is 28.1 Å². The Hall–Kier alpha value is -2.50. The number of aryl methyl sites for hydroxylation is 2. The number of benzene rings is 1. The van der Waals surface area contributed by atoms with E-state index in [1.807, 2.05) is 31.5 Å². The standard InChI is InChI=1S/C19H26N4O2/c1-12-7-6-8-13(2)16(12)23-17(20)14-11-22(10-9-15(14)21-23)18(24)25-19(3,4)5/h6-8H,9-11,20H2,1-5H3. The number of anilines is 1. The largest absolute Gasteiger partial charge is 0.444 e. The molecule has 0 unspecified atom stereocenters. The van der Waals surface area contributed by atoms with Gasteiger partial charge in [-0.15, -0.1) is 0 Å². The summed E-state index contributed by atoms with van der Waals surface area (Å²) in [4.78, 5) is 14.1. The number of nitrogen functional groups attached to an aromatic ring is 1. The molecule has 0 saturated carbocycles. The fourth-order valence-corrected chi connectivity index (χ4v) is 3.19. The summed E-state index contributed by atoms with van der Waals surface area (Å²) < 4.78 is 7.29. The maximum atomic E-state index is 12.4. The summed E-state index contributed by atoms with van der Waals surface area (Å²) in [5, 5.41) is 4.72. The van der Waals surface area contributed by atoms with Crippen LogP contribution in [0.15, 0.2) is 18.2 Å². The Balaban J connectivity index is 1.92. The zero-order valence-electron chi connectivity index (χ0n) is 15.6. The molecule has 0 fully saturated rings. The number of amides is 1. The molecular formula is C19H26N4O2. The number of rotatable bonds is 1. The third-order valence-corrected chi connectivity index (χ3v) is 4.38. The molecule has 1 aliphatic heterocycles. The van der Waals surface area contributed by atoms with Gasteiger partial charge in [-0.05, 0) is 45.7 Å². The van der Waals surface area contributed by atoms with Gasteiger partial charge in [0.25, 0.3) is 0 Å². The van der Waals surface area contributed by atoms with Crippen LogP contribution in [0.5, 0.6) is 0 Å². The molecule has 2 aromatic rings. The topological polar surface area (TPSA) is 73.4 Å². The first kappa shape index (κ1) is 17.3. The molecule has 0 aliphatic carbocycles. The Morgan fingerprint density at radius 1 is 1.24 bits per heavy atom. The summed E-state index contributed by atoms with van der Waals surface area (Å²) in [5.41, 5.74) is 11.0. The molecule has 1 amide bonds. The molecule has 0 saturated heterocycles. The second-order valence-corrected chi connectivity index (χ2v) is 7.61. The van der Waals surface area contributed by atoms with Crippen molar-refractivity contribution in [3.8, 4) is 5.69 Å². The van der Waals surface area contributed by atoms with Crippen LogP contribution in [0.25, 0.3) is 5.69 Å². The molecule has 2 heterocycles. The Morgan fingerprint density at radius 2 is 1.88 bits per heavy atom. The molecule has 0 radical (unpaired) electrons. The molecule has 1 aliphatic rings. The van der Waals surface area contributed by atoms with Gasteiger partial charge in [-0.1, -0.05) is 18.2 Å². The summed E-state index contributed by atoms with van der Waals surface area (Å²) in [7, 11) is 0. The number of para-hydroxylation sites is 1. The quantitative estimate of drug-likeness (QED) is 0.862. The minimum absolute atomic E-state index is 0.308. The minimum Gasteiger partial charge on any atom is -0.444 e. The van der Waals surface area contributed by atoms with Crippen molar-refractivity contribution in [2.24, 2.45) is 0 Å². The third-order valence-electron chi connectivity index (χ3n) is 4.38. The van der Waals surface area contributed by atoms with Gasteiger partial charge in [0.2, 0.25) is 0 Å². The van der Waals surface area contributed by atoms with E-state index >= 15 is 0 Å². The van der Waals surface area contributed by atoms with Gasteiger partial charge in [0.15, 0.2) is 0 Å². The Labute approximate surface area is 148 Å². The number of ether oxygens (including phenoxy) is 1. The van der Waals surface area contributed by atoms with Gasteiger partial charge in [0.1, 0.15) is 11.4 Å². The number of carbonyl (C=O) groups is 1. The lowest BCUT2D eigenvalue weighted by Gasteiger charge is -2.29. The zero-order chi connectivity index (χ0) is 18.4. The smallest absolute Gasteiger partial charge is 0.410 e. The van der Waals surface area contributed by atoms with Crippen LogP contribution >= 0.6 is 0 Å². The predicted octanol–water partition coefficient (Wildman–Crippen LogP) is 3.36.